The van der Waals surface area contributed by atoms with Gasteiger partial charge in [0.15, 0.2) is 0 Å². The van der Waals surface area contributed by atoms with Gasteiger partial charge in [-0.15, -0.1) is 0 Å². The van der Waals surface area contributed by atoms with Crippen molar-refractivity contribution >= 4 is 23.8 Å². The van der Waals surface area contributed by atoms with Gasteiger partial charge >= 0.3 is 11.9 Å². The van der Waals surface area contributed by atoms with Crippen molar-refractivity contribution in [3.05, 3.63) is 12.2 Å². The van der Waals surface area contributed by atoms with Crippen molar-refractivity contribution in [3.8, 4) is 0 Å². The van der Waals surface area contributed by atoms with E-state index in [-0.39, 0.29) is 55.9 Å². The van der Waals surface area contributed by atoms with E-state index in [4.69, 9.17) is 9.47 Å². The lowest BCUT2D eigenvalue weighted by atomic mass is 10.1. The summed E-state index contributed by atoms with van der Waals surface area (Å²) in [6.45, 7) is 7.58. The number of nitrogens with zero attached hydrogens (tertiary/aromatic N) is 1. The van der Waals surface area contributed by atoms with Gasteiger partial charge in [-0.25, -0.2) is 4.79 Å². The average Bonchev–Trinajstić information content (AvgIpc) is 2.91. The van der Waals surface area contributed by atoms with Crippen LogP contribution in [-0.4, -0.2) is 47.9 Å². The molecule has 0 aromatic rings. The number of carbonyl (C=O) groups excluding carboxylic acids is 4. The predicted molar refractivity (Wildman–Crippen MR) is 95.0 cm³/mol. The van der Waals surface area contributed by atoms with Gasteiger partial charge in [-0.1, -0.05) is 39.7 Å². The summed E-state index contributed by atoms with van der Waals surface area (Å²) in [4.78, 5) is 47.9. The Morgan fingerprint density at radius 1 is 1.12 bits per heavy atom. The minimum atomic E-state index is -0.721. The third-order valence-electron chi connectivity index (χ3n) is 4.14. The van der Waals surface area contributed by atoms with E-state index >= 15 is 0 Å². The molecule has 1 fully saturated rings. The molecule has 2 amide bonds. The Labute approximate surface area is 154 Å². The van der Waals surface area contributed by atoms with Crippen LogP contribution in [-0.2, 0) is 28.7 Å². The first-order valence-corrected chi connectivity index (χ1v) is 9.26. The summed E-state index contributed by atoms with van der Waals surface area (Å²) in [5.74, 6) is -1.74. The van der Waals surface area contributed by atoms with Crippen LogP contribution in [0.4, 0.5) is 0 Å². The molecule has 0 radical (unpaired) electrons. The highest BCUT2D eigenvalue weighted by Crippen LogP contribution is 2.14. The highest BCUT2D eigenvalue weighted by molar-refractivity contribution is 6.02. The molecule has 0 saturated carbocycles. The van der Waals surface area contributed by atoms with Crippen molar-refractivity contribution < 1.29 is 28.7 Å². The Morgan fingerprint density at radius 3 is 2.35 bits per heavy atom. The lowest BCUT2D eigenvalue weighted by Crippen LogP contribution is -2.33. The molecule has 26 heavy (non-hydrogen) atoms. The van der Waals surface area contributed by atoms with Crippen LogP contribution in [0.3, 0.4) is 0 Å². The molecule has 7 nitrogen and oxygen atoms in total. The summed E-state index contributed by atoms with van der Waals surface area (Å²) in [5, 5.41) is 0. The molecular formula is C19H29NO6. The fourth-order valence-electron chi connectivity index (χ4n) is 2.69. The first kappa shape index (κ1) is 21.9. The van der Waals surface area contributed by atoms with Crippen molar-refractivity contribution in [1.82, 2.24) is 4.90 Å². The number of carbonyl (C=O) groups is 4. The fourth-order valence-corrected chi connectivity index (χ4v) is 2.69. The average molecular weight is 367 g/mol. The summed E-state index contributed by atoms with van der Waals surface area (Å²) in [5.41, 5.74) is -0.000171. The number of ether oxygens (including phenoxy) is 2. The molecule has 1 saturated heterocycles. The maximum Gasteiger partial charge on any atom is 0.334 e. The second-order valence-electron chi connectivity index (χ2n) is 6.40. The van der Waals surface area contributed by atoms with E-state index in [1.165, 1.54) is 0 Å². The van der Waals surface area contributed by atoms with Crippen LogP contribution in [0.15, 0.2) is 12.2 Å². The Bertz CT molecular complexity index is 526. The number of esters is 2. The molecule has 0 aliphatic carbocycles. The maximum absolute atomic E-state index is 12.0. The molecule has 0 spiro atoms. The van der Waals surface area contributed by atoms with Crippen LogP contribution in [0.2, 0.25) is 0 Å². The minimum Gasteiger partial charge on any atom is -0.462 e. The van der Waals surface area contributed by atoms with Crippen LogP contribution in [0.25, 0.3) is 0 Å². The molecule has 7 heteroatoms. The zero-order chi connectivity index (χ0) is 19.5. The maximum atomic E-state index is 12.0. The van der Waals surface area contributed by atoms with Gasteiger partial charge in [-0.2, -0.15) is 0 Å². The molecule has 0 N–H and O–H groups in total. The monoisotopic (exact) mass is 367 g/mol. The Hall–Kier alpha value is -2.18. The summed E-state index contributed by atoms with van der Waals surface area (Å²) < 4.78 is 10.4. The summed E-state index contributed by atoms with van der Waals surface area (Å²) in [6.07, 6.45) is 4.55. The highest BCUT2D eigenvalue weighted by atomic mass is 16.5. The third kappa shape index (κ3) is 7.37. The van der Waals surface area contributed by atoms with Crippen molar-refractivity contribution in [2.75, 3.05) is 13.2 Å². The van der Waals surface area contributed by atoms with Crippen LogP contribution in [0.1, 0.15) is 65.2 Å². The largest absolute Gasteiger partial charge is 0.462 e. The molecule has 1 aliphatic rings. The van der Waals surface area contributed by atoms with Gasteiger partial charge in [-0.05, 0) is 12.8 Å². The highest BCUT2D eigenvalue weighted by Gasteiger charge is 2.28. The zero-order valence-electron chi connectivity index (χ0n) is 15.8. The van der Waals surface area contributed by atoms with Crippen LogP contribution in [0.5, 0.6) is 0 Å². The van der Waals surface area contributed by atoms with E-state index in [9.17, 15) is 19.2 Å². The molecule has 0 bridgehead atoms. The second kappa shape index (κ2) is 11.4. The number of imide groups is 1. The number of hydrogen-bond acceptors (Lipinski definition) is 6. The van der Waals surface area contributed by atoms with Gasteiger partial charge in [0.05, 0.1) is 13.0 Å². The molecule has 1 atom stereocenters. The van der Waals surface area contributed by atoms with E-state index in [2.05, 4.69) is 13.5 Å². The van der Waals surface area contributed by atoms with Gasteiger partial charge in [0.2, 0.25) is 11.8 Å². The van der Waals surface area contributed by atoms with Gasteiger partial charge in [0.1, 0.15) is 12.7 Å². The molecule has 146 valence electrons. The van der Waals surface area contributed by atoms with E-state index in [1.807, 2.05) is 6.92 Å². The van der Waals surface area contributed by atoms with E-state index in [0.717, 1.165) is 37.0 Å². The molecule has 0 aromatic carbocycles. The number of likely N-dealkylation sites (tertiary alicyclic amines) is 1. The molecule has 1 rings (SSSR count). The molecule has 1 aliphatic heterocycles. The number of rotatable bonds is 12. The lowest BCUT2D eigenvalue weighted by molar-refractivity contribution is -0.151. The smallest absolute Gasteiger partial charge is 0.334 e. The van der Waals surface area contributed by atoms with E-state index < -0.39 is 11.9 Å². The molecule has 0 aromatic heterocycles. The van der Waals surface area contributed by atoms with Crippen molar-refractivity contribution in [2.24, 2.45) is 0 Å². The molecular weight excluding hydrogens is 338 g/mol. The zero-order valence-corrected chi connectivity index (χ0v) is 15.8. The quantitative estimate of drug-likeness (QED) is 0.299. The predicted octanol–water partition coefficient (Wildman–Crippen LogP) is 2.53. The van der Waals surface area contributed by atoms with Crippen LogP contribution < -0.4 is 0 Å². The van der Waals surface area contributed by atoms with Crippen molar-refractivity contribution in [1.29, 1.82) is 0 Å². The van der Waals surface area contributed by atoms with E-state index in [1.54, 1.807) is 0 Å². The Balaban J connectivity index is 2.33. The van der Waals surface area contributed by atoms with Crippen LogP contribution >= 0.6 is 0 Å². The number of unbranched alkanes of at least 4 members (excludes halogenated alkanes) is 1. The van der Waals surface area contributed by atoms with Gasteiger partial charge in [0, 0.05) is 18.4 Å². The first-order valence-electron chi connectivity index (χ1n) is 9.26. The van der Waals surface area contributed by atoms with Gasteiger partial charge < -0.3 is 9.47 Å². The van der Waals surface area contributed by atoms with Crippen molar-refractivity contribution in [2.45, 2.75) is 71.3 Å². The summed E-state index contributed by atoms with van der Waals surface area (Å²) in [7, 11) is 0. The minimum absolute atomic E-state index is 0.000171. The first-order chi connectivity index (χ1) is 12.4. The fraction of sp³-hybridized carbons (Fsp3) is 0.684. The van der Waals surface area contributed by atoms with Gasteiger partial charge in [0.25, 0.3) is 0 Å². The molecule has 1 heterocycles. The second-order valence-corrected chi connectivity index (χ2v) is 6.40. The topological polar surface area (TPSA) is 90.0 Å². The summed E-state index contributed by atoms with van der Waals surface area (Å²) in [6, 6.07) is 0. The molecule has 1 unspecified atom stereocenters. The third-order valence-corrected chi connectivity index (χ3v) is 4.14. The number of hydrogen-bond donors (Lipinski definition) is 0. The SMILES string of the molecule is C=C(CC(=O)OC(CCC)CCCC)C(=O)OCCN1C(=O)CCC1=O. The van der Waals surface area contributed by atoms with Crippen LogP contribution in [0, 0.1) is 0 Å². The Kier molecular flexibility index (Phi) is 9.62. The van der Waals surface area contributed by atoms with E-state index in [0.29, 0.717) is 0 Å². The van der Waals surface area contributed by atoms with Crippen molar-refractivity contribution in [3.63, 3.8) is 0 Å². The number of amides is 2. The lowest BCUT2D eigenvalue weighted by Gasteiger charge is -2.17. The summed E-state index contributed by atoms with van der Waals surface area (Å²) >= 11 is 0. The normalized spacial score (nSPS) is 15.1. The van der Waals surface area contributed by atoms with Gasteiger partial charge in [-0.3, -0.25) is 19.3 Å². The standard InChI is InChI=1S/C19H29NO6/c1-4-6-8-15(7-5-2)26-18(23)13-14(3)19(24)25-12-11-20-16(21)9-10-17(20)22/h15H,3-13H2,1-2H3. The Morgan fingerprint density at radius 2 is 1.77 bits per heavy atom.